The van der Waals surface area contributed by atoms with Gasteiger partial charge in [0.15, 0.2) is 5.71 Å². The molecule has 5 aromatic carbocycles. The average molecular weight is 655 g/mol. The molecule has 0 bridgehead atoms. The molecule has 5 aromatic rings. The Bertz CT molecular complexity index is 2210. The fourth-order valence-electron chi connectivity index (χ4n) is 8.58. The minimum atomic E-state index is -0.283. The van der Waals surface area contributed by atoms with E-state index in [9.17, 15) is 5.26 Å². The summed E-state index contributed by atoms with van der Waals surface area (Å²) in [7, 11) is 2.22. The Morgan fingerprint density at radius 3 is 2.30 bits per heavy atom. The topological polar surface area (TPSA) is 30.0 Å². The Labute approximate surface area is 298 Å². The Balaban J connectivity index is 1.35. The highest BCUT2D eigenvalue weighted by Crippen LogP contribution is 2.50. The molecule has 2 heterocycles. The standard InChI is InChI=1S/C47H48N3/c1-33(2)28-29-50-41-19-12-11-18-40(41)46(4,31-38-16-8-7-14-34(38)3)44(50)21-13-20-43-47(5,30-35-22-24-36(32-48)25-23-35)45-39-17-10-9-15-37(39)26-27-42(45)49(43)6/h7-27,33H,28-31H2,1-6H3/q+1. The van der Waals surface area contributed by atoms with E-state index < -0.39 is 0 Å². The molecule has 2 atom stereocenters. The highest BCUT2D eigenvalue weighted by Gasteiger charge is 2.48. The van der Waals surface area contributed by atoms with Crippen LogP contribution in [0.15, 0.2) is 133 Å². The molecule has 0 amide bonds. The zero-order chi connectivity index (χ0) is 35.0. The van der Waals surface area contributed by atoms with Gasteiger partial charge >= 0.3 is 0 Å². The first-order chi connectivity index (χ1) is 24.1. The second-order valence-corrected chi connectivity index (χ2v) is 15.1. The number of rotatable bonds is 9. The van der Waals surface area contributed by atoms with Gasteiger partial charge in [-0.05, 0) is 109 Å². The zero-order valence-corrected chi connectivity index (χ0v) is 30.4. The lowest BCUT2D eigenvalue weighted by molar-refractivity contribution is -0.401. The van der Waals surface area contributed by atoms with Gasteiger partial charge in [0.2, 0.25) is 5.69 Å². The molecular formula is C47H48N3+. The summed E-state index contributed by atoms with van der Waals surface area (Å²) in [6, 6.07) is 41.6. The highest BCUT2D eigenvalue weighted by atomic mass is 15.2. The predicted molar refractivity (Wildman–Crippen MR) is 210 cm³/mol. The maximum atomic E-state index is 9.47. The molecule has 0 spiro atoms. The molecule has 0 radical (unpaired) electrons. The van der Waals surface area contributed by atoms with Crippen LogP contribution in [0.1, 0.15) is 67.5 Å². The Kier molecular flexibility index (Phi) is 8.83. The second kappa shape index (κ2) is 13.3. The molecule has 2 unspecified atom stereocenters. The Morgan fingerprint density at radius 2 is 1.54 bits per heavy atom. The summed E-state index contributed by atoms with van der Waals surface area (Å²) in [5.41, 5.74) is 12.2. The maximum absolute atomic E-state index is 9.47. The third-order valence-electron chi connectivity index (χ3n) is 11.3. The first kappa shape index (κ1) is 33.3. The van der Waals surface area contributed by atoms with E-state index in [1.54, 1.807) is 0 Å². The minimum absolute atomic E-state index is 0.179. The molecule has 7 rings (SSSR count). The third kappa shape index (κ3) is 5.77. The van der Waals surface area contributed by atoms with Gasteiger partial charge in [-0.3, -0.25) is 0 Å². The van der Waals surface area contributed by atoms with Crippen LogP contribution in [0.4, 0.5) is 11.4 Å². The molecule has 0 aliphatic carbocycles. The molecule has 0 fully saturated rings. The van der Waals surface area contributed by atoms with Gasteiger partial charge in [0, 0.05) is 41.1 Å². The van der Waals surface area contributed by atoms with Crippen LogP contribution in [0.2, 0.25) is 0 Å². The van der Waals surface area contributed by atoms with Crippen LogP contribution in [0, 0.1) is 24.2 Å². The van der Waals surface area contributed by atoms with Gasteiger partial charge in [0.25, 0.3) is 0 Å². The quantitative estimate of drug-likeness (QED) is 0.148. The zero-order valence-electron chi connectivity index (χ0n) is 30.4. The van der Waals surface area contributed by atoms with Gasteiger partial charge in [-0.15, -0.1) is 0 Å². The van der Waals surface area contributed by atoms with E-state index in [1.165, 1.54) is 61.4 Å². The fourth-order valence-corrected chi connectivity index (χ4v) is 8.58. The SMILES string of the molecule is Cc1ccccc1CC1(C)/C(=C\C=C\C2=[N+](C)c3ccc4ccccc4c3C2(C)Cc2ccc(C#N)cc2)N(CCC(C)C)c2ccccc21. The van der Waals surface area contributed by atoms with Gasteiger partial charge in [0.1, 0.15) is 7.05 Å². The number of allylic oxidation sites excluding steroid dienone is 4. The van der Waals surface area contributed by atoms with Crippen LogP contribution in [-0.2, 0) is 23.7 Å². The summed E-state index contributed by atoms with van der Waals surface area (Å²) in [4.78, 5) is 2.60. The van der Waals surface area contributed by atoms with Crippen LogP contribution >= 0.6 is 0 Å². The number of para-hydroxylation sites is 1. The van der Waals surface area contributed by atoms with E-state index in [2.05, 4.69) is 173 Å². The molecule has 0 saturated carbocycles. The van der Waals surface area contributed by atoms with Gasteiger partial charge in [-0.1, -0.05) is 98.8 Å². The highest BCUT2D eigenvalue weighted by molar-refractivity contribution is 6.08. The number of nitriles is 1. The molecule has 2 aliphatic heterocycles. The number of fused-ring (bicyclic) bond motifs is 4. The first-order valence-electron chi connectivity index (χ1n) is 18.1. The Morgan fingerprint density at radius 1 is 0.820 bits per heavy atom. The minimum Gasteiger partial charge on any atom is -0.344 e. The molecule has 2 aliphatic rings. The number of anilines is 1. The van der Waals surface area contributed by atoms with E-state index >= 15 is 0 Å². The van der Waals surface area contributed by atoms with Crippen molar-refractivity contribution in [3.8, 4) is 6.07 Å². The smallest absolute Gasteiger partial charge is 0.210 e. The van der Waals surface area contributed by atoms with Crippen molar-refractivity contribution >= 4 is 27.9 Å². The van der Waals surface area contributed by atoms with Crippen LogP contribution in [0.3, 0.4) is 0 Å². The van der Waals surface area contributed by atoms with Gasteiger partial charge < -0.3 is 4.90 Å². The van der Waals surface area contributed by atoms with Crippen LogP contribution in [-0.4, -0.2) is 23.9 Å². The predicted octanol–water partition coefficient (Wildman–Crippen LogP) is 10.8. The molecule has 3 heteroatoms. The first-order valence-corrected chi connectivity index (χ1v) is 18.1. The average Bonchev–Trinajstić information content (AvgIpc) is 3.48. The number of hydrogen-bond donors (Lipinski definition) is 0. The lowest BCUT2D eigenvalue weighted by Crippen LogP contribution is -2.33. The van der Waals surface area contributed by atoms with E-state index in [1.807, 2.05) is 12.1 Å². The monoisotopic (exact) mass is 654 g/mol. The number of hydrogen-bond acceptors (Lipinski definition) is 2. The summed E-state index contributed by atoms with van der Waals surface area (Å²) in [6.45, 7) is 12.7. The van der Waals surface area contributed by atoms with Crippen molar-refractivity contribution < 1.29 is 4.58 Å². The summed E-state index contributed by atoms with van der Waals surface area (Å²) in [6.07, 6.45) is 9.99. The van der Waals surface area contributed by atoms with Crippen molar-refractivity contribution in [1.29, 1.82) is 5.26 Å². The molecule has 50 heavy (non-hydrogen) atoms. The van der Waals surface area contributed by atoms with Crippen molar-refractivity contribution in [2.24, 2.45) is 5.92 Å². The normalized spacial score (nSPS) is 20.7. The Hall–Kier alpha value is -5.20. The largest absolute Gasteiger partial charge is 0.344 e. The number of benzene rings is 5. The van der Waals surface area contributed by atoms with Crippen molar-refractivity contribution in [2.75, 3.05) is 18.5 Å². The second-order valence-electron chi connectivity index (χ2n) is 15.1. The molecule has 3 nitrogen and oxygen atoms in total. The number of aryl methyl sites for hydroxylation is 1. The maximum Gasteiger partial charge on any atom is 0.210 e. The third-order valence-corrected chi connectivity index (χ3v) is 11.3. The van der Waals surface area contributed by atoms with E-state index in [4.69, 9.17) is 0 Å². The van der Waals surface area contributed by atoms with E-state index in [-0.39, 0.29) is 10.8 Å². The van der Waals surface area contributed by atoms with Crippen molar-refractivity contribution in [3.05, 3.63) is 167 Å². The van der Waals surface area contributed by atoms with Crippen LogP contribution in [0.5, 0.6) is 0 Å². The fraction of sp³-hybridized carbons (Fsp3) is 0.277. The van der Waals surface area contributed by atoms with Crippen LogP contribution in [0.25, 0.3) is 10.8 Å². The molecular weight excluding hydrogens is 607 g/mol. The summed E-state index contributed by atoms with van der Waals surface area (Å²) in [5, 5.41) is 12.0. The summed E-state index contributed by atoms with van der Waals surface area (Å²) < 4.78 is 2.40. The van der Waals surface area contributed by atoms with Crippen molar-refractivity contribution in [2.45, 2.75) is 64.7 Å². The van der Waals surface area contributed by atoms with Crippen molar-refractivity contribution in [3.63, 3.8) is 0 Å². The molecule has 0 aromatic heterocycles. The molecule has 0 saturated heterocycles. The van der Waals surface area contributed by atoms with Crippen molar-refractivity contribution in [1.82, 2.24) is 0 Å². The van der Waals surface area contributed by atoms with Gasteiger partial charge in [-0.2, -0.15) is 9.84 Å². The summed E-state index contributed by atoms with van der Waals surface area (Å²) in [5.74, 6) is 0.612. The molecule has 250 valence electrons. The lowest BCUT2D eigenvalue weighted by atomic mass is 9.73. The number of nitrogens with zero attached hydrogens (tertiary/aromatic N) is 3. The lowest BCUT2D eigenvalue weighted by Gasteiger charge is -2.31. The van der Waals surface area contributed by atoms with E-state index in [0.717, 1.165) is 25.8 Å². The molecule has 0 N–H and O–H groups in total. The van der Waals surface area contributed by atoms with Crippen LogP contribution < -0.4 is 4.90 Å². The van der Waals surface area contributed by atoms with Gasteiger partial charge in [0.05, 0.1) is 17.0 Å². The van der Waals surface area contributed by atoms with Gasteiger partial charge in [-0.25, -0.2) is 0 Å². The van der Waals surface area contributed by atoms with E-state index in [0.29, 0.717) is 11.5 Å². The summed E-state index contributed by atoms with van der Waals surface area (Å²) >= 11 is 0.